The highest BCUT2D eigenvalue weighted by molar-refractivity contribution is 5.79. The lowest BCUT2D eigenvalue weighted by atomic mass is 9.97. The molecule has 0 radical (unpaired) electrons. The smallest absolute Gasteiger partial charge is 0.224 e. The maximum atomic E-state index is 12.5. The average Bonchev–Trinajstić information content (AvgIpc) is 2.74. The number of nitrogens with zero attached hydrogens (tertiary/aromatic N) is 3. The van der Waals surface area contributed by atoms with Crippen LogP contribution >= 0.6 is 0 Å². The molecule has 144 valence electrons. The van der Waals surface area contributed by atoms with Crippen molar-refractivity contribution in [3.63, 3.8) is 0 Å². The van der Waals surface area contributed by atoms with Gasteiger partial charge in [-0.2, -0.15) is 0 Å². The zero-order valence-electron chi connectivity index (χ0n) is 15.9. The molecule has 1 aliphatic heterocycles. The molecule has 0 saturated carbocycles. The first-order valence-corrected chi connectivity index (χ1v) is 9.77. The van der Waals surface area contributed by atoms with Gasteiger partial charge in [-0.25, -0.2) is 9.97 Å². The van der Waals surface area contributed by atoms with Crippen LogP contribution in [0, 0.1) is 5.92 Å². The summed E-state index contributed by atoms with van der Waals surface area (Å²) in [6, 6.07) is 11.9. The number of hydrogen-bond donors (Lipinski definition) is 1. The summed E-state index contributed by atoms with van der Waals surface area (Å²) in [5.41, 5.74) is 1.000. The Morgan fingerprint density at radius 3 is 2.96 bits per heavy atom. The van der Waals surface area contributed by atoms with Crippen LogP contribution < -0.4 is 10.2 Å². The van der Waals surface area contributed by atoms with Gasteiger partial charge in [-0.15, -0.1) is 0 Å². The number of amides is 1. The Bertz CT molecular complexity index is 723. The minimum atomic E-state index is 0.000911. The summed E-state index contributed by atoms with van der Waals surface area (Å²) in [4.78, 5) is 23.8. The number of anilines is 1. The molecule has 1 aromatic heterocycles. The zero-order chi connectivity index (χ0) is 18.9. The zero-order valence-corrected chi connectivity index (χ0v) is 15.9. The normalized spacial score (nSPS) is 16.9. The van der Waals surface area contributed by atoms with E-state index in [0.717, 1.165) is 49.6 Å². The molecular weight excluding hydrogens is 340 g/mol. The molecule has 2 aromatic rings. The van der Waals surface area contributed by atoms with Crippen LogP contribution in [0.25, 0.3) is 11.4 Å². The predicted octanol–water partition coefficient (Wildman–Crippen LogP) is 2.90. The Kier molecular flexibility index (Phi) is 7.16. The van der Waals surface area contributed by atoms with Gasteiger partial charge < -0.3 is 15.0 Å². The highest BCUT2D eigenvalue weighted by atomic mass is 16.5. The third-order valence-corrected chi connectivity index (χ3v) is 4.76. The summed E-state index contributed by atoms with van der Waals surface area (Å²) >= 11 is 0. The summed E-state index contributed by atoms with van der Waals surface area (Å²) in [5.74, 6) is 1.74. The molecule has 1 saturated heterocycles. The third-order valence-electron chi connectivity index (χ3n) is 4.76. The molecule has 1 N–H and O–H groups in total. The summed E-state index contributed by atoms with van der Waals surface area (Å²) in [7, 11) is 0. The molecule has 6 nitrogen and oxygen atoms in total. The van der Waals surface area contributed by atoms with E-state index in [2.05, 4.69) is 15.2 Å². The number of ether oxygens (including phenoxy) is 1. The van der Waals surface area contributed by atoms with Crippen LogP contribution in [0.1, 0.15) is 26.2 Å². The van der Waals surface area contributed by atoms with Crippen molar-refractivity contribution in [3.05, 3.63) is 42.6 Å². The van der Waals surface area contributed by atoms with E-state index in [0.29, 0.717) is 19.7 Å². The lowest BCUT2D eigenvalue weighted by molar-refractivity contribution is -0.125. The number of nitrogens with one attached hydrogen (secondary N) is 1. The monoisotopic (exact) mass is 368 g/mol. The minimum absolute atomic E-state index is 0.000911. The van der Waals surface area contributed by atoms with Crippen LogP contribution in [0.4, 0.5) is 5.82 Å². The molecule has 0 bridgehead atoms. The van der Waals surface area contributed by atoms with E-state index in [1.807, 2.05) is 43.3 Å². The Balaban J connectivity index is 1.59. The first-order valence-electron chi connectivity index (χ1n) is 9.77. The Labute approximate surface area is 161 Å². The van der Waals surface area contributed by atoms with E-state index >= 15 is 0 Å². The van der Waals surface area contributed by atoms with Crippen molar-refractivity contribution in [2.45, 2.75) is 26.2 Å². The second kappa shape index (κ2) is 10.0. The van der Waals surface area contributed by atoms with Gasteiger partial charge in [-0.3, -0.25) is 4.79 Å². The number of benzene rings is 1. The second-order valence-electron chi connectivity index (χ2n) is 6.73. The summed E-state index contributed by atoms with van der Waals surface area (Å²) in [6.07, 6.45) is 4.55. The van der Waals surface area contributed by atoms with E-state index in [9.17, 15) is 4.79 Å². The van der Waals surface area contributed by atoms with E-state index in [4.69, 9.17) is 9.72 Å². The van der Waals surface area contributed by atoms with Gasteiger partial charge in [0, 0.05) is 44.6 Å². The van der Waals surface area contributed by atoms with Gasteiger partial charge in [0.15, 0.2) is 5.82 Å². The molecule has 0 spiro atoms. The maximum absolute atomic E-state index is 12.5. The minimum Gasteiger partial charge on any atom is -0.382 e. The molecule has 1 fully saturated rings. The molecular formula is C21H28N4O2. The molecule has 0 aliphatic carbocycles. The lowest BCUT2D eigenvalue weighted by Gasteiger charge is -2.33. The molecule has 27 heavy (non-hydrogen) atoms. The third kappa shape index (κ3) is 5.50. The fraction of sp³-hybridized carbons (Fsp3) is 0.476. The van der Waals surface area contributed by atoms with E-state index < -0.39 is 0 Å². The molecule has 1 atom stereocenters. The van der Waals surface area contributed by atoms with E-state index in [1.165, 1.54) is 0 Å². The molecule has 2 heterocycles. The topological polar surface area (TPSA) is 67.3 Å². The van der Waals surface area contributed by atoms with Gasteiger partial charge in [0.05, 0.1) is 5.92 Å². The highest BCUT2D eigenvalue weighted by Crippen LogP contribution is 2.23. The molecule has 0 unspecified atom stereocenters. The van der Waals surface area contributed by atoms with Crippen molar-refractivity contribution in [1.82, 2.24) is 15.3 Å². The first-order chi connectivity index (χ1) is 13.3. The van der Waals surface area contributed by atoms with Gasteiger partial charge >= 0.3 is 0 Å². The summed E-state index contributed by atoms with van der Waals surface area (Å²) < 4.78 is 5.31. The number of piperidine rings is 1. The van der Waals surface area contributed by atoms with Crippen molar-refractivity contribution < 1.29 is 9.53 Å². The second-order valence-corrected chi connectivity index (χ2v) is 6.73. The summed E-state index contributed by atoms with van der Waals surface area (Å²) in [5, 5.41) is 3.04. The first kappa shape index (κ1) is 19.3. The van der Waals surface area contributed by atoms with Gasteiger partial charge in [0.2, 0.25) is 5.91 Å². The van der Waals surface area contributed by atoms with Crippen LogP contribution in [0.5, 0.6) is 0 Å². The van der Waals surface area contributed by atoms with Crippen molar-refractivity contribution in [2.24, 2.45) is 5.92 Å². The number of rotatable bonds is 8. The largest absolute Gasteiger partial charge is 0.382 e. The molecule has 1 aliphatic rings. The van der Waals surface area contributed by atoms with Gasteiger partial charge in [-0.05, 0) is 32.3 Å². The summed E-state index contributed by atoms with van der Waals surface area (Å²) in [6.45, 7) is 5.67. The van der Waals surface area contributed by atoms with Crippen molar-refractivity contribution in [2.75, 3.05) is 37.7 Å². The molecule has 1 amide bonds. The maximum Gasteiger partial charge on any atom is 0.224 e. The van der Waals surface area contributed by atoms with Gasteiger partial charge in [0.25, 0.3) is 0 Å². The highest BCUT2D eigenvalue weighted by Gasteiger charge is 2.26. The predicted molar refractivity (Wildman–Crippen MR) is 107 cm³/mol. The fourth-order valence-corrected chi connectivity index (χ4v) is 3.33. The van der Waals surface area contributed by atoms with Crippen LogP contribution in [-0.4, -0.2) is 48.7 Å². The van der Waals surface area contributed by atoms with E-state index in [1.54, 1.807) is 6.20 Å². The van der Waals surface area contributed by atoms with E-state index in [-0.39, 0.29) is 11.8 Å². The molecule has 6 heteroatoms. The quantitative estimate of drug-likeness (QED) is 0.726. The fourth-order valence-electron chi connectivity index (χ4n) is 3.33. The van der Waals surface area contributed by atoms with Gasteiger partial charge in [0.1, 0.15) is 5.82 Å². The SMILES string of the molecule is CCOCCCNC(=O)[C@@H]1CCCN(c2ccnc(-c3ccccc3)n2)C1. The van der Waals surface area contributed by atoms with Crippen LogP contribution in [0.3, 0.4) is 0 Å². The number of aromatic nitrogens is 2. The molecule has 3 rings (SSSR count). The van der Waals surface area contributed by atoms with Crippen LogP contribution in [0.15, 0.2) is 42.6 Å². The Hall–Kier alpha value is -2.47. The van der Waals surface area contributed by atoms with Crippen molar-refractivity contribution in [3.8, 4) is 11.4 Å². The Morgan fingerprint density at radius 2 is 2.15 bits per heavy atom. The lowest BCUT2D eigenvalue weighted by Crippen LogP contribution is -2.43. The number of carbonyl (C=O) groups excluding carboxylic acids is 1. The van der Waals surface area contributed by atoms with Crippen LogP contribution in [-0.2, 0) is 9.53 Å². The number of carbonyl (C=O) groups is 1. The number of hydrogen-bond acceptors (Lipinski definition) is 5. The Morgan fingerprint density at radius 1 is 1.30 bits per heavy atom. The molecule has 1 aromatic carbocycles. The van der Waals surface area contributed by atoms with Crippen molar-refractivity contribution in [1.29, 1.82) is 0 Å². The average molecular weight is 368 g/mol. The van der Waals surface area contributed by atoms with Crippen LogP contribution in [0.2, 0.25) is 0 Å². The van der Waals surface area contributed by atoms with Crippen molar-refractivity contribution >= 4 is 11.7 Å². The standard InChI is InChI=1S/C21H28N4O2/c1-2-27-15-7-12-23-21(26)18-10-6-14-25(16-18)19-11-13-22-20(24-19)17-8-4-3-5-9-17/h3-5,8-9,11,13,18H,2,6-7,10,12,14-16H2,1H3,(H,23,26)/t18-/m1/s1. The van der Waals surface area contributed by atoms with Gasteiger partial charge in [-0.1, -0.05) is 30.3 Å².